The fourth-order valence-electron chi connectivity index (χ4n) is 1.59. The van der Waals surface area contributed by atoms with E-state index in [4.69, 9.17) is 5.11 Å². The third-order valence-corrected chi connectivity index (χ3v) is 3.07. The minimum atomic E-state index is -1.10. The number of nitrogens with zero attached hydrogens (tertiary/aromatic N) is 1. The quantitative estimate of drug-likeness (QED) is 0.900. The Balaban J connectivity index is 1.97. The molecule has 0 aliphatic carbocycles. The van der Waals surface area contributed by atoms with Crippen LogP contribution in [-0.4, -0.2) is 22.0 Å². The fraction of sp³-hybridized carbons (Fsp3) is 0.0714. The second-order valence-electron chi connectivity index (χ2n) is 4.09. The first-order valence-corrected chi connectivity index (χ1v) is 6.57. The molecule has 1 aromatic carbocycles. The van der Waals surface area contributed by atoms with Crippen LogP contribution in [0.3, 0.4) is 0 Å². The zero-order chi connectivity index (χ0) is 14.5. The van der Waals surface area contributed by atoms with Crippen molar-refractivity contribution < 1.29 is 14.7 Å². The Hall–Kier alpha value is -2.21. The largest absolute Gasteiger partial charge is 0.477 e. The van der Waals surface area contributed by atoms with Crippen LogP contribution in [0.25, 0.3) is 0 Å². The molecule has 0 fully saturated rings. The Labute approximate surface area is 123 Å². The first-order chi connectivity index (χ1) is 9.54. The summed E-state index contributed by atoms with van der Waals surface area (Å²) in [6, 6.07) is 10.3. The standard InChI is InChI=1S/C14H11BrN2O3/c15-10-3-1-9(2-4-10)7-13(18)17-11-5-6-12(14(19)20)16-8-11/h1-6,8H,7H2,(H,17,18)(H,19,20). The highest BCUT2D eigenvalue weighted by molar-refractivity contribution is 9.10. The van der Waals surface area contributed by atoms with Crippen LogP contribution in [0, 0.1) is 0 Å². The highest BCUT2D eigenvalue weighted by Gasteiger charge is 2.07. The van der Waals surface area contributed by atoms with Crippen molar-refractivity contribution in [2.45, 2.75) is 6.42 Å². The number of aromatic carboxylic acids is 1. The van der Waals surface area contributed by atoms with Crippen molar-refractivity contribution in [2.24, 2.45) is 0 Å². The molecule has 0 unspecified atom stereocenters. The van der Waals surface area contributed by atoms with Gasteiger partial charge < -0.3 is 10.4 Å². The first-order valence-electron chi connectivity index (χ1n) is 5.78. The lowest BCUT2D eigenvalue weighted by Gasteiger charge is -2.05. The number of pyridine rings is 1. The predicted molar refractivity (Wildman–Crippen MR) is 77.7 cm³/mol. The van der Waals surface area contributed by atoms with Crippen molar-refractivity contribution in [1.82, 2.24) is 4.98 Å². The van der Waals surface area contributed by atoms with Crippen molar-refractivity contribution in [3.8, 4) is 0 Å². The van der Waals surface area contributed by atoms with E-state index in [1.807, 2.05) is 24.3 Å². The number of carbonyl (C=O) groups is 2. The van der Waals surface area contributed by atoms with Gasteiger partial charge >= 0.3 is 5.97 Å². The topological polar surface area (TPSA) is 79.3 Å². The number of aromatic nitrogens is 1. The van der Waals surface area contributed by atoms with Gasteiger partial charge in [-0.15, -0.1) is 0 Å². The van der Waals surface area contributed by atoms with E-state index in [2.05, 4.69) is 26.2 Å². The van der Waals surface area contributed by atoms with Gasteiger partial charge in [-0.1, -0.05) is 28.1 Å². The van der Waals surface area contributed by atoms with Gasteiger partial charge in [0.2, 0.25) is 5.91 Å². The average Bonchev–Trinajstić information content (AvgIpc) is 2.42. The smallest absolute Gasteiger partial charge is 0.354 e. The molecule has 0 aliphatic rings. The van der Waals surface area contributed by atoms with Gasteiger partial charge in [-0.25, -0.2) is 9.78 Å². The number of benzene rings is 1. The lowest BCUT2D eigenvalue weighted by atomic mass is 10.1. The van der Waals surface area contributed by atoms with Gasteiger partial charge in [0.05, 0.1) is 18.3 Å². The molecule has 20 heavy (non-hydrogen) atoms. The van der Waals surface area contributed by atoms with Gasteiger partial charge in [0.15, 0.2) is 0 Å². The lowest BCUT2D eigenvalue weighted by molar-refractivity contribution is -0.115. The number of carbonyl (C=O) groups excluding carboxylic acids is 1. The summed E-state index contributed by atoms with van der Waals surface area (Å²) in [4.78, 5) is 26.2. The second kappa shape index (κ2) is 6.29. The molecular formula is C14H11BrN2O3. The number of amides is 1. The van der Waals surface area contributed by atoms with Crippen LogP contribution in [0.2, 0.25) is 0 Å². The molecule has 2 N–H and O–H groups in total. The molecule has 0 bridgehead atoms. The summed E-state index contributed by atoms with van der Waals surface area (Å²) in [7, 11) is 0. The van der Waals surface area contributed by atoms with E-state index < -0.39 is 5.97 Å². The van der Waals surface area contributed by atoms with E-state index >= 15 is 0 Å². The van der Waals surface area contributed by atoms with Crippen molar-refractivity contribution in [3.05, 3.63) is 58.3 Å². The minimum Gasteiger partial charge on any atom is -0.477 e. The van der Waals surface area contributed by atoms with Crippen LogP contribution in [0.1, 0.15) is 16.1 Å². The maximum Gasteiger partial charge on any atom is 0.354 e. The molecule has 0 spiro atoms. The monoisotopic (exact) mass is 334 g/mol. The molecule has 0 saturated carbocycles. The van der Waals surface area contributed by atoms with Crippen LogP contribution >= 0.6 is 15.9 Å². The normalized spacial score (nSPS) is 10.1. The summed E-state index contributed by atoms with van der Waals surface area (Å²) in [6.45, 7) is 0. The number of carboxylic acids is 1. The summed E-state index contributed by atoms with van der Waals surface area (Å²) in [5.74, 6) is -1.28. The van der Waals surface area contributed by atoms with E-state index in [1.165, 1.54) is 18.3 Å². The summed E-state index contributed by atoms with van der Waals surface area (Å²) in [5.41, 5.74) is 1.30. The van der Waals surface area contributed by atoms with Crippen LogP contribution < -0.4 is 5.32 Å². The molecule has 0 radical (unpaired) electrons. The van der Waals surface area contributed by atoms with Gasteiger partial charge in [0.25, 0.3) is 0 Å². The fourth-order valence-corrected chi connectivity index (χ4v) is 1.85. The maximum atomic E-state index is 11.8. The molecule has 102 valence electrons. The van der Waals surface area contributed by atoms with E-state index in [0.29, 0.717) is 5.69 Å². The van der Waals surface area contributed by atoms with Gasteiger partial charge in [-0.3, -0.25) is 4.79 Å². The van der Waals surface area contributed by atoms with Crippen LogP contribution in [0.15, 0.2) is 47.1 Å². The van der Waals surface area contributed by atoms with Gasteiger partial charge in [-0.05, 0) is 29.8 Å². The third-order valence-electron chi connectivity index (χ3n) is 2.54. The maximum absolute atomic E-state index is 11.8. The molecule has 5 nitrogen and oxygen atoms in total. The second-order valence-corrected chi connectivity index (χ2v) is 5.00. The molecule has 6 heteroatoms. The van der Waals surface area contributed by atoms with E-state index in [9.17, 15) is 9.59 Å². The Morgan fingerprint density at radius 1 is 1.15 bits per heavy atom. The number of anilines is 1. The average molecular weight is 335 g/mol. The molecule has 0 aliphatic heterocycles. The van der Waals surface area contributed by atoms with Crippen LogP contribution in [0.5, 0.6) is 0 Å². The van der Waals surface area contributed by atoms with Crippen molar-refractivity contribution in [1.29, 1.82) is 0 Å². The zero-order valence-corrected chi connectivity index (χ0v) is 11.9. The summed E-state index contributed by atoms with van der Waals surface area (Å²) >= 11 is 3.33. The van der Waals surface area contributed by atoms with E-state index in [-0.39, 0.29) is 18.0 Å². The number of hydrogen-bond donors (Lipinski definition) is 2. The third kappa shape index (κ3) is 3.89. The highest BCUT2D eigenvalue weighted by Crippen LogP contribution is 2.12. The molecule has 1 heterocycles. The number of rotatable bonds is 4. The van der Waals surface area contributed by atoms with Gasteiger partial charge in [-0.2, -0.15) is 0 Å². The van der Waals surface area contributed by atoms with Crippen molar-refractivity contribution in [3.63, 3.8) is 0 Å². The van der Waals surface area contributed by atoms with Crippen LogP contribution in [-0.2, 0) is 11.2 Å². The van der Waals surface area contributed by atoms with E-state index in [0.717, 1.165) is 10.0 Å². The Morgan fingerprint density at radius 2 is 1.85 bits per heavy atom. The molecule has 0 saturated heterocycles. The SMILES string of the molecule is O=C(Cc1ccc(Br)cc1)Nc1ccc(C(=O)O)nc1. The van der Waals surface area contributed by atoms with Crippen LogP contribution in [0.4, 0.5) is 5.69 Å². The lowest BCUT2D eigenvalue weighted by Crippen LogP contribution is -2.14. The summed E-state index contributed by atoms with van der Waals surface area (Å²) in [5, 5.41) is 11.4. The van der Waals surface area contributed by atoms with E-state index in [1.54, 1.807) is 0 Å². The van der Waals surface area contributed by atoms with Crippen molar-refractivity contribution >= 4 is 33.5 Å². The first kappa shape index (κ1) is 14.2. The number of carboxylic acid groups (broad SMARTS) is 1. The molecule has 2 rings (SSSR count). The number of hydrogen-bond acceptors (Lipinski definition) is 3. The van der Waals surface area contributed by atoms with Gasteiger partial charge in [0.1, 0.15) is 5.69 Å². The summed E-state index contributed by atoms with van der Waals surface area (Å²) < 4.78 is 0.954. The molecule has 1 amide bonds. The Morgan fingerprint density at radius 3 is 2.40 bits per heavy atom. The molecule has 0 atom stereocenters. The molecule has 2 aromatic rings. The summed E-state index contributed by atoms with van der Waals surface area (Å²) in [6.07, 6.45) is 1.57. The highest BCUT2D eigenvalue weighted by atomic mass is 79.9. The minimum absolute atomic E-state index is 0.0593. The van der Waals surface area contributed by atoms with Crippen molar-refractivity contribution in [2.75, 3.05) is 5.32 Å². The number of nitrogens with one attached hydrogen (secondary N) is 1. The number of halogens is 1. The zero-order valence-electron chi connectivity index (χ0n) is 10.3. The predicted octanol–water partition coefficient (Wildman–Crippen LogP) is 2.72. The Bertz CT molecular complexity index is 624. The molecule has 1 aromatic heterocycles. The van der Waals surface area contributed by atoms with Gasteiger partial charge in [0, 0.05) is 4.47 Å². The Kier molecular flexibility index (Phi) is 4.47. The molecular weight excluding hydrogens is 324 g/mol.